The van der Waals surface area contributed by atoms with Crippen molar-refractivity contribution < 1.29 is 9.53 Å². The van der Waals surface area contributed by atoms with Crippen molar-refractivity contribution in [2.75, 3.05) is 12.4 Å². The minimum absolute atomic E-state index is 0.376. The van der Waals surface area contributed by atoms with Crippen molar-refractivity contribution in [3.8, 4) is 10.6 Å². The van der Waals surface area contributed by atoms with Crippen LogP contribution >= 0.6 is 11.3 Å². The molecule has 0 aliphatic rings. The number of imidazole rings is 1. The highest BCUT2D eigenvalue weighted by Crippen LogP contribution is 2.33. The summed E-state index contributed by atoms with van der Waals surface area (Å²) in [6.07, 6.45) is 1.84. The van der Waals surface area contributed by atoms with Crippen LogP contribution in [0.4, 0.5) is 11.5 Å². The van der Waals surface area contributed by atoms with Crippen LogP contribution in [-0.2, 0) is 4.74 Å². The molecule has 6 nitrogen and oxygen atoms in total. The van der Waals surface area contributed by atoms with Crippen LogP contribution in [0.5, 0.6) is 0 Å². The molecule has 0 saturated heterocycles. The molecule has 5 rings (SSSR count). The maximum absolute atomic E-state index is 11.8. The number of carbonyl (C=O) groups excluding carboxylic acids is 1. The number of anilines is 2. The van der Waals surface area contributed by atoms with E-state index in [0.717, 1.165) is 21.9 Å². The number of fused-ring (bicyclic) bond motifs is 2. The summed E-state index contributed by atoms with van der Waals surface area (Å²) in [5.74, 6) is 0.276. The Morgan fingerprint density at radius 3 is 2.83 bits per heavy atom. The fourth-order valence-electron chi connectivity index (χ4n) is 3.21. The lowest BCUT2D eigenvalue weighted by molar-refractivity contribution is 0.0601. The van der Waals surface area contributed by atoms with Gasteiger partial charge in [0.05, 0.1) is 23.7 Å². The Labute approximate surface area is 170 Å². The summed E-state index contributed by atoms with van der Waals surface area (Å²) in [5, 5.41) is 9.16. The van der Waals surface area contributed by atoms with Crippen molar-refractivity contribution >= 4 is 44.5 Å². The van der Waals surface area contributed by atoms with Gasteiger partial charge in [-0.05, 0) is 47.9 Å². The van der Waals surface area contributed by atoms with Gasteiger partial charge >= 0.3 is 5.97 Å². The zero-order valence-corrected chi connectivity index (χ0v) is 16.3. The lowest BCUT2D eigenvalue weighted by Crippen LogP contribution is -2.03. The third kappa shape index (κ3) is 3.21. The summed E-state index contributed by atoms with van der Waals surface area (Å²) in [4.78, 5) is 17.3. The summed E-state index contributed by atoms with van der Waals surface area (Å²) < 4.78 is 7.84. The Bertz CT molecular complexity index is 1320. The van der Waals surface area contributed by atoms with Crippen molar-refractivity contribution in [2.45, 2.75) is 0 Å². The summed E-state index contributed by atoms with van der Waals surface area (Å²) in [5.41, 5.74) is 2.94. The second kappa shape index (κ2) is 7.03. The van der Waals surface area contributed by atoms with Crippen molar-refractivity contribution in [3.63, 3.8) is 0 Å². The topological polar surface area (TPSA) is 68.5 Å². The zero-order valence-electron chi connectivity index (χ0n) is 15.5. The molecule has 5 aromatic rings. The van der Waals surface area contributed by atoms with Crippen LogP contribution in [0.25, 0.3) is 26.3 Å². The molecule has 142 valence electrons. The van der Waals surface area contributed by atoms with Crippen molar-refractivity contribution in [1.29, 1.82) is 0 Å². The quantitative estimate of drug-likeness (QED) is 0.423. The summed E-state index contributed by atoms with van der Waals surface area (Å²) in [7, 11) is 1.37. The molecule has 0 spiro atoms. The molecule has 0 saturated carbocycles. The summed E-state index contributed by atoms with van der Waals surface area (Å²) >= 11 is 1.71. The highest BCUT2D eigenvalue weighted by Gasteiger charge is 2.12. The van der Waals surface area contributed by atoms with Gasteiger partial charge in [0.25, 0.3) is 0 Å². The second-order valence-corrected chi connectivity index (χ2v) is 7.56. The number of thiophene rings is 1. The smallest absolute Gasteiger partial charge is 0.337 e. The normalized spacial score (nSPS) is 11.1. The average molecular weight is 400 g/mol. The second-order valence-electron chi connectivity index (χ2n) is 6.48. The van der Waals surface area contributed by atoms with Crippen LogP contribution in [0.2, 0.25) is 0 Å². The zero-order chi connectivity index (χ0) is 19.8. The number of benzene rings is 2. The van der Waals surface area contributed by atoms with Crippen LogP contribution in [0.15, 0.2) is 72.9 Å². The molecule has 0 radical (unpaired) electrons. The third-order valence-electron chi connectivity index (χ3n) is 4.60. The Balaban J connectivity index is 1.52. The molecule has 0 fully saturated rings. The Hall–Kier alpha value is -3.71. The first kappa shape index (κ1) is 17.4. The van der Waals surface area contributed by atoms with E-state index in [1.165, 1.54) is 17.2 Å². The van der Waals surface area contributed by atoms with Gasteiger partial charge in [0.15, 0.2) is 11.5 Å². The van der Waals surface area contributed by atoms with E-state index >= 15 is 0 Å². The molecule has 3 aromatic heterocycles. The van der Waals surface area contributed by atoms with E-state index in [9.17, 15) is 4.79 Å². The Kier molecular flexibility index (Phi) is 4.22. The molecule has 1 N–H and O–H groups in total. The van der Waals surface area contributed by atoms with Crippen LogP contribution in [0.3, 0.4) is 0 Å². The molecule has 0 unspecified atom stereocenters. The van der Waals surface area contributed by atoms with Gasteiger partial charge in [0.2, 0.25) is 0 Å². The van der Waals surface area contributed by atoms with Gasteiger partial charge < -0.3 is 10.1 Å². The van der Waals surface area contributed by atoms with Crippen molar-refractivity contribution in [3.05, 3.63) is 78.5 Å². The molecule has 7 heteroatoms. The van der Waals surface area contributed by atoms with Crippen LogP contribution in [-0.4, -0.2) is 27.7 Å². The molecule has 0 aliphatic carbocycles. The fraction of sp³-hybridized carbons (Fsp3) is 0.0455. The number of carbonyl (C=O) groups is 1. The number of hydrogen-bond acceptors (Lipinski definition) is 6. The summed E-state index contributed by atoms with van der Waals surface area (Å²) in [6, 6.07) is 21.3. The molecule has 2 aromatic carbocycles. The monoisotopic (exact) mass is 400 g/mol. The van der Waals surface area contributed by atoms with Gasteiger partial charge in [-0.25, -0.2) is 14.3 Å². The van der Waals surface area contributed by atoms with Crippen molar-refractivity contribution in [2.24, 2.45) is 0 Å². The van der Waals surface area contributed by atoms with Gasteiger partial charge in [0.1, 0.15) is 5.69 Å². The molecule has 3 heterocycles. The highest BCUT2D eigenvalue weighted by molar-refractivity contribution is 7.22. The van der Waals surface area contributed by atoms with E-state index in [0.29, 0.717) is 11.4 Å². The van der Waals surface area contributed by atoms with Crippen LogP contribution < -0.4 is 5.32 Å². The van der Waals surface area contributed by atoms with Crippen molar-refractivity contribution in [1.82, 2.24) is 14.6 Å². The van der Waals surface area contributed by atoms with Gasteiger partial charge in [-0.1, -0.05) is 24.3 Å². The number of nitrogens with zero attached hydrogens (tertiary/aromatic N) is 3. The molecule has 29 heavy (non-hydrogen) atoms. The minimum Gasteiger partial charge on any atom is -0.465 e. The first-order valence-corrected chi connectivity index (χ1v) is 9.82. The van der Waals surface area contributed by atoms with Gasteiger partial charge in [0, 0.05) is 10.4 Å². The molecule has 0 bridgehead atoms. The van der Waals surface area contributed by atoms with E-state index in [-0.39, 0.29) is 5.97 Å². The average Bonchev–Trinajstić information content (AvgIpc) is 3.36. The van der Waals surface area contributed by atoms with E-state index in [4.69, 9.17) is 9.84 Å². The number of nitrogens with one attached hydrogen (secondary N) is 1. The first-order valence-electron chi connectivity index (χ1n) is 9.00. The summed E-state index contributed by atoms with van der Waals surface area (Å²) in [6.45, 7) is 0. The Morgan fingerprint density at radius 1 is 1.07 bits per heavy atom. The predicted octanol–water partition coefficient (Wildman–Crippen LogP) is 5.14. The highest BCUT2D eigenvalue weighted by atomic mass is 32.1. The maximum atomic E-state index is 11.8. The molecular formula is C22H16N4O2S. The molecular weight excluding hydrogens is 384 g/mol. The lowest BCUT2D eigenvalue weighted by atomic mass is 10.2. The number of rotatable bonds is 4. The largest absolute Gasteiger partial charge is 0.465 e. The number of esters is 1. The van der Waals surface area contributed by atoms with Gasteiger partial charge in [-0.3, -0.25) is 0 Å². The maximum Gasteiger partial charge on any atom is 0.337 e. The van der Waals surface area contributed by atoms with E-state index < -0.39 is 0 Å². The van der Waals surface area contributed by atoms with E-state index in [1.54, 1.807) is 29.5 Å². The van der Waals surface area contributed by atoms with Gasteiger partial charge in [-0.2, -0.15) is 0 Å². The Morgan fingerprint density at radius 2 is 1.97 bits per heavy atom. The third-order valence-corrected chi connectivity index (χ3v) is 5.73. The fourth-order valence-corrected chi connectivity index (χ4v) is 4.26. The van der Waals surface area contributed by atoms with Crippen LogP contribution in [0.1, 0.15) is 10.4 Å². The SMILES string of the molecule is COC(=O)c1cccc(Nc2ccc3ncc(-c4cc5ccccc5s4)n3n2)c1. The van der Waals surface area contributed by atoms with Crippen LogP contribution in [0, 0.1) is 0 Å². The number of hydrogen-bond donors (Lipinski definition) is 1. The standard InChI is InChI=1S/C22H16N4O2S/c1-28-22(27)15-6-4-7-16(11-15)24-20-9-10-21-23-13-17(26(21)25-20)19-12-14-5-2-3-8-18(14)29-19/h2-13H,1H3,(H,24,25). The first-order chi connectivity index (χ1) is 14.2. The molecule has 0 atom stereocenters. The predicted molar refractivity (Wildman–Crippen MR) is 115 cm³/mol. The lowest BCUT2D eigenvalue weighted by Gasteiger charge is -2.08. The van der Waals surface area contributed by atoms with E-state index in [1.807, 2.05) is 41.0 Å². The number of methoxy groups -OCH3 is 1. The molecule has 0 aliphatic heterocycles. The van der Waals surface area contributed by atoms with E-state index in [2.05, 4.69) is 28.5 Å². The molecule has 0 amide bonds. The number of aromatic nitrogens is 3. The van der Waals surface area contributed by atoms with Gasteiger partial charge in [-0.15, -0.1) is 16.4 Å². The number of ether oxygens (including phenoxy) is 1. The minimum atomic E-state index is -0.376.